The predicted octanol–water partition coefficient (Wildman–Crippen LogP) is 3.26. The highest BCUT2D eigenvalue weighted by Crippen LogP contribution is 2.29. The molecule has 0 saturated carbocycles. The Kier molecular flexibility index (Phi) is 9.07. The summed E-state index contributed by atoms with van der Waals surface area (Å²) >= 11 is 0. The van der Waals surface area contributed by atoms with Gasteiger partial charge in [0, 0.05) is 62.6 Å². The summed E-state index contributed by atoms with van der Waals surface area (Å²) in [6.07, 6.45) is 0.872. The smallest absolute Gasteiger partial charge is 0.253 e. The number of hydrogen-bond acceptors (Lipinski definition) is 4. The van der Waals surface area contributed by atoms with Gasteiger partial charge in [0.05, 0.1) is 0 Å². The van der Waals surface area contributed by atoms with Gasteiger partial charge in [0.15, 0.2) is 0 Å². The quantitative estimate of drug-likeness (QED) is 0.798. The van der Waals surface area contributed by atoms with Crippen LogP contribution in [0, 0.1) is 5.41 Å². The van der Waals surface area contributed by atoms with Gasteiger partial charge in [0.1, 0.15) is 0 Å². The van der Waals surface area contributed by atoms with Gasteiger partial charge >= 0.3 is 0 Å². The highest BCUT2D eigenvalue weighted by atomic mass is 35.5. The third kappa shape index (κ3) is 5.53. The van der Waals surface area contributed by atoms with Gasteiger partial charge in [-0.05, 0) is 49.9 Å². The fourth-order valence-electron chi connectivity index (χ4n) is 4.04. The molecular formula is C21H36Cl2N4O. The molecule has 2 fully saturated rings. The van der Waals surface area contributed by atoms with E-state index in [4.69, 9.17) is 5.73 Å². The second kappa shape index (κ2) is 10.1. The zero-order valence-electron chi connectivity index (χ0n) is 17.6. The molecule has 1 amide bonds. The Balaban J connectivity index is 0.00000196. The number of hydrogen-bond donors (Lipinski definition) is 1. The minimum Gasteiger partial charge on any atom is -0.369 e. The van der Waals surface area contributed by atoms with Crippen LogP contribution in [-0.2, 0) is 0 Å². The molecule has 2 saturated heterocycles. The van der Waals surface area contributed by atoms with Crippen molar-refractivity contribution >= 4 is 36.4 Å². The number of carbonyl (C=O) groups excluding carboxylic acids is 1. The number of nitrogens with two attached hydrogens (primary N) is 1. The van der Waals surface area contributed by atoms with Crippen LogP contribution in [0.2, 0.25) is 0 Å². The number of halogens is 2. The number of benzene rings is 1. The summed E-state index contributed by atoms with van der Waals surface area (Å²) in [6, 6.07) is 8.93. The Bertz CT molecular complexity index is 628. The van der Waals surface area contributed by atoms with Gasteiger partial charge in [-0.2, -0.15) is 0 Å². The van der Waals surface area contributed by atoms with Crippen LogP contribution in [0.15, 0.2) is 24.3 Å². The number of likely N-dealkylation sites (tertiary alicyclic amines) is 1. The van der Waals surface area contributed by atoms with Crippen LogP contribution in [0.5, 0.6) is 0 Å². The molecule has 3 rings (SSSR count). The second-order valence-corrected chi connectivity index (χ2v) is 8.77. The van der Waals surface area contributed by atoms with Crippen molar-refractivity contribution in [1.82, 2.24) is 9.80 Å². The highest BCUT2D eigenvalue weighted by Gasteiger charge is 2.35. The van der Waals surface area contributed by atoms with Gasteiger partial charge in [-0.3, -0.25) is 9.69 Å². The Labute approximate surface area is 182 Å². The minimum atomic E-state index is -0.0239. The van der Waals surface area contributed by atoms with E-state index in [1.807, 2.05) is 17.0 Å². The molecule has 2 aliphatic rings. The molecular weight excluding hydrogens is 395 g/mol. The average Bonchev–Trinajstić information content (AvgIpc) is 2.63. The lowest BCUT2D eigenvalue weighted by Gasteiger charge is -2.42. The number of piperazine rings is 1. The maximum absolute atomic E-state index is 12.9. The van der Waals surface area contributed by atoms with Crippen LogP contribution in [0.1, 0.15) is 44.5 Å². The fraction of sp³-hybridized carbons (Fsp3) is 0.667. The fourth-order valence-corrected chi connectivity index (χ4v) is 4.04. The Morgan fingerprint density at radius 2 is 1.61 bits per heavy atom. The van der Waals surface area contributed by atoms with E-state index < -0.39 is 0 Å². The minimum absolute atomic E-state index is 0. The molecule has 2 aliphatic heterocycles. The summed E-state index contributed by atoms with van der Waals surface area (Å²) in [5, 5.41) is 0. The maximum atomic E-state index is 12.9. The predicted molar refractivity (Wildman–Crippen MR) is 122 cm³/mol. The lowest BCUT2D eigenvalue weighted by Crippen LogP contribution is -2.54. The van der Waals surface area contributed by atoms with E-state index in [1.165, 1.54) is 5.69 Å². The monoisotopic (exact) mass is 430 g/mol. The van der Waals surface area contributed by atoms with E-state index in [0.717, 1.165) is 51.3 Å². The van der Waals surface area contributed by atoms with Gasteiger partial charge in [0.25, 0.3) is 5.91 Å². The first kappa shape index (κ1) is 25.0. The normalized spacial score (nSPS) is 22.4. The zero-order chi connectivity index (χ0) is 18.9. The van der Waals surface area contributed by atoms with Crippen LogP contribution in [0.3, 0.4) is 0 Å². The molecule has 28 heavy (non-hydrogen) atoms. The number of nitrogens with zero attached hydrogens (tertiary/aromatic N) is 3. The Hall–Kier alpha value is -1.01. The standard InChI is InChI=1S/C21H34N4O.2ClH/c1-16(2)23-11-13-24(14-12-23)18-7-5-17(6-8-18)20(26)25-10-9-19(22)21(3,4)15-25;;/h5-8,16,19H,9-15,22H2,1-4H3;2*1H. The average molecular weight is 431 g/mol. The summed E-state index contributed by atoms with van der Waals surface area (Å²) in [5.41, 5.74) is 8.17. The van der Waals surface area contributed by atoms with E-state index in [0.29, 0.717) is 6.04 Å². The molecule has 0 spiro atoms. The first-order valence-electron chi connectivity index (χ1n) is 9.92. The van der Waals surface area contributed by atoms with E-state index in [-0.39, 0.29) is 42.2 Å². The molecule has 0 radical (unpaired) electrons. The van der Waals surface area contributed by atoms with E-state index in [1.54, 1.807) is 0 Å². The van der Waals surface area contributed by atoms with Crippen molar-refractivity contribution in [3.63, 3.8) is 0 Å². The van der Waals surface area contributed by atoms with Crippen molar-refractivity contribution in [3.05, 3.63) is 29.8 Å². The number of carbonyl (C=O) groups is 1. The van der Waals surface area contributed by atoms with Gasteiger partial charge < -0.3 is 15.5 Å². The summed E-state index contributed by atoms with van der Waals surface area (Å²) < 4.78 is 0. The van der Waals surface area contributed by atoms with Crippen molar-refractivity contribution < 1.29 is 4.79 Å². The highest BCUT2D eigenvalue weighted by molar-refractivity contribution is 5.94. The van der Waals surface area contributed by atoms with Crippen LogP contribution >= 0.6 is 24.8 Å². The maximum Gasteiger partial charge on any atom is 0.253 e. The van der Waals surface area contributed by atoms with Crippen molar-refractivity contribution in [2.24, 2.45) is 11.1 Å². The molecule has 1 aromatic rings. The first-order valence-corrected chi connectivity index (χ1v) is 9.92. The molecule has 1 unspecified atom stereocenters. The van der Waals surface area contributed by atoms with Crippen molar-refractivity contribution in [2.45, 2.75) is 46.2 Å². The van der Waals surface area contributed by atoms with E-state index in [2.05, 4.69) is 49.6 Å². The lowest BCUT2D eigenvalue weighted by atomic mass is 9.79. The molecule has 2 N–H and O–H groups in total. The van der Waals surface area contributed by atoms with Gasteiger partial charge in [-0.15, -0.1) is 24.8 Å². The number of rotatable bonds is 3. The molecule has 1 aromatic carbocycles. The number of anilines is 1. The lowest BCUT2D eigenvalue weighted by molar-refractivity contribution is 0.0533. The summed E-state index contributed by atoms with van der Waals surface area (Å²) in [5.74, 6) is 0.126. The second-order valence-electron chi connectivity index (χ2n) is 8.77. The third-order valence-corrected chi connectivity index (χ3v) is 6.12. The topological polar surface area (TPSA) is 52.8 Å². The molecule has 0 bridgehead atoms. The summed E-state index contributed by atoms with van der Waals surface area (Å²) in [4.78, 5) is 19.7. The zero-order valence-corrected chi connectivity index (χ0v) is 19.2. The number of piperidine rings is 1. The van der Waals surface area contributed by atoms with Crippen LogP contribution in [0.4, 0.5) is 5.69 Å². The van der Waals surface area contributed by atoms with Gasteiger partial charge in [0.2, 0.25) is 0 Å². The van der Waals surface area contributed by atoms with E-state index in [9.17, 15) is 4.79 Å². The molecule has 1 atom stereocenters. The first-order chi connectivity index (χ1) is 12.3. The van der Waals surface area contributed by atoms with Crippen LogP contribution in [-0.4, -0.2) is 67.1 Å². The molecule has 7 heteroatoms. The SMILES string of the molecule is CC(C)N1CCN(c2ccc(C(=O)N3CCC(N)C(C)(C)C3)cc2)CC1.Cl.Cl. The van der Waals surface area contributed by atoms with Gasteiger partial charge in [-0.1, -0.05) is 13.8 Å². The summed E-state index contributed by atoms with van der Waals surface area (Å²) in [6.45, 7) is 14.6. The molecule has 5 nitrogen and oxygen atoms in total. The number of amides is 1. The van der Waals surface area contributed by atoms with Crippen LogP contribution < -0.4 is 10.6 Å². The molecule has 160 valence electrons. The molecule has 2 heterocycles. The van der Waals surface area contributed by atoms with Gasteiger partial charge in [-0.25, -0.2) is 0 Å². The van der Waals surface area contributed by atoms with Crippen LogP contribution in [0.25, 0.3) is 0 Å². The Morgan fingerprint density at radius 1 is 1.04 bits per heavy atom. The van der Waals surface area contributed by atoms with Crippen molar-refractivity contribution in [2.75, 3.05) is 44.2 Å². The summed E-state index contributed by atoms with van der Waals surface area (Å²) in [7, 11) is 0. The Morgan fingerprint density at radius 3 is 2.11 bits per heavy atom. The van der Waals surface area contributed by atoms with Crippen molar-refractivity contribution in [3.8, 4) is 0 Å². The molecule has 0 aromatic heterocycles. The third-order valence-electron chi connectivity index (χ3n) is 6.12. The molecule has 0 aliphatic carbocycles. The largest absolute Gasteiger partial charge is 0.369 e. The van der Waals surface area contributed by atoms with E-state index >= 15 is 0 Å². The van der Waals surface area contributed by atoms with Crippen molar-refractivity contribution in [1.29, 1.82) is 0 Å².